The van der Waals surface area contributed by atoms with Gasteiger partial charge in [-0.2, -0.15) is 0 Å². The fraction of sp³-hybridized carbons (Fsp3) is 0. The molecule has 0 spiro atoms. The fourth-order valence-corrected chi connectivity index (χ4v) is 7.28. The second-order valence-corrected chi connectivity index (χ2v) is 12.6. The van der Waals surface area contributed by atoms with Crippen molar-refractivity contribution in [1.29, 1.82) is 0 Å². The third-order valence-corrected chi connectivity index (χ3v) is 9.58. The van der Waals surface area contributed by atoms with Crippen LogP contribution in [0.5, 0.6) is 0 Å². The van der Waals surface area contributed by atoms with E-state index in [1.54, 1.807) is 0 Å². The Balaban J connectivity index is 1.35. The van der Waals surface area contributed by atoms with Gasteiger partial charge >= 0.3 is 0 Å². The number of rotatable bonds is 2. The fourth-order valence-electron chi connectivity index (χ4n) is 6.31. The topological polar surface area (TPSA) is 0 Å². The van der Waals surface area contributed by atoms with Crippen LogP contribution in [0, 0.1) is 0 Å². The Morgan fingerprint density at radius 3 is 1.02 bits per heavy atom. The highest BCUT2D eigenvalue weighted by atomic mass is 79.9. The molecule has 0 N–H and O–H groups in total. The molecule has 3 heteroatoms. The summed E-state index contributed by atoms with van der Waals surface area (Å²) in [6.07, 6.45) is 0. The van der Waals surface area contributed by atoms with Gasteiger partial charge in [0, 0.05) is 8.95 Å². The van der Waals surface area contributed by atoms with Crippen LogP contribution in [0.15, 0.2) is 130 Å². The van der Waals surface area contributed by atoms with Crippen LogP contribution in [0.3, 0.4) is 0 Å². The summed E-state index contributed by atoms with van der Waals surface area (Å²) >= 11 is 13.5. The molecule has 40 heavy (non-hydrogen) atoms. The van der Waals surface area contributed by atoms with E-state index < -0.39 is 0 Å². The van der Waals surface area contributed by atoms with E-state index in [-0.39, 0.29) is 0 Å². The molecular formula is C37H20Br2S. The second kappa shape index (κ2) is 9.21. The Kier molecular flexibility index (Phi) is 5.57. The highest BCUT2D eigenvalue weighted by Gasteiger charge is 2.14. The molecule has 188 valence electrons. The zero-order valence-electron chi connectivity index (χ0n) is 21.2. The van der Waals surface area contributed by atoms with E-state index in [4.69, 9.17) is 12.2 Å². The Bertz CT molecular complexity index is 2160. The Morgan fingerprint density at radius 2 is 0.650 bits per heavy atom. The third kappa shape index (κ3) is 3.65. The van der Waals surface area contributed by atoms with E-state index >= 15 is 0 Å². The minimum absolute atomic E-state index is 0.865. The molecule has 0 unspecified atom stereocenters. The maximum atomic E-state index is 6.17. The monoisotopic (exact) mass is 654 g/mol. The first-order valence-corrected chi connectivity index (χ1v) is 15.2. The lowest BCUT2D eigenvalue weighted by atomic mass is 9.90. The van der Waals surface area contributed by atoms with Crippen molar-refractivity contribution in [2.24, 2.45) is 0 Å². The Morgan fingerprint density at radius 1 is 0.350 bits per heavy atom. The van der Waals surface area contributed by atoms with Gasteiger partial charge in [0.15, 0.2) is 0 Å². The summed E-state index contributed by atoms with van der Waals surface area (Å²) in [6, 6.07) is 43.8. The van der Waals surface area contributed by atoms with Crippen molar-refractivity contribution < 1.29 is 0 Å². The predicted molar refractivity (Wildman–Crippen MR) is 184 cm³/mol. The molecule has 0 bridgehead atoms. The summed E-state index contributed by atoms with van der Waals surface area (Å²) in [4.78, 5) is 0.865. The van der Waals surface area contributed by atoms with E-state index in [1.165, 1.54) is 64.6 Å². The van der Waals surface area contributed by atoms with Gasteiger partial charge in [0.05, 0.1) is 4.86 Å². The smallest absolute Gasteiger partial charge is 0.0522 e. The SMILES string of the molecule is S=C(c1ccc2c3ccc(Br)cc3c3ccccc3c2c1)c1ccc2c3ccc(Br)cc3c3ccccc3c2c1. The summed E-state index contributed by atoms with van der Waals surface area (Å²) in [7, 11) is 0. The van der Waals surface area contributed by atoms with E-state index in [0.29, 0.717) is 0 Å². The quantitative estimate of drug-likeness (QED) is 0.101. The third-order valence-electron chi connectivity index (χ3n) is 8.12. The van der Waals surface area contributed by atoms with Crippen LogP contribution in [0.1, 0.15) is 11.1 Å². The lowest BCUT2D eigenvalue weighted by molar-refractivity contribution is 1.69. The van der Waals surface area contributed by atoms with Gasteiger partial charge in [-0.1, -0.05) is 129 Å². The van der Waals surface area contributed by atoms with E-state index in [2.05, 4.69) is 153 Å². The van der Waals surface area contributed by atoms with E-state index in [9.17, 15) is 0 Å². The molecule has 0 aliphatic heterocycles. The minimum atomic E-state index is 0.865. The molecule has 8 aromatic rings. The number of hydrogen-bond acceptors (Lipinski definition) is 1. The van der Waals surface area contributed by atoms with Crippen LogP contribution in [0.25, 0.3) is 64.6 Å². The molecule has 8 aromatic carbocycles. The second-order valence-electron chi connectivity index (χ2n) is 10.3. The van der Waals surface area contributed by atoms with Crippen LogP contribution < -0.4 is 0 Å². The van der Waals surface area contributed by atoms with Crippen LogP contribution >= 0.6 is 44.1 Å². The van der Waals surface area contributed by atoms with Crippen molar-refractivity contribution in [1.82, 2.24) is 0 Å². The predicted octanol–water partition coefficient (Wildman–Crippen LogP) is 11.9. The summed E-state index contributed by atoms with van der Waals surface area (Å²) in [5.74, 6) is 0. The average molecular weight is 656 g/mol. The molecule has 0 heterocycles. The zero-order chi connectivity index (χ0) is 27.0. The lowest BCUT2D eigenvalue weighted by Gasteiger charge is -2.14. The van der Waals surface area contributed by atoms with Crippen molar-refractivity contribution >= 4 is 114 Å². The number of thiocarbonyl (C=S) groups is 1. The van der Waals surface area contributed by atoms with Crippen LogP contribution in [0.4, 0.5) is 0 Å². The van der Waals surface area contributed by atoms with Gasteiger partial charge in [-0.25, -0.2) is 0 Å². The number of halogens is 2. The first-order valence-electron chi connectivity index (χ1n) is 13.2. The summed E-state index contributed by atoms with van der Waals surface area (Å²) in [5, 5.41) is 15.0. The molecule has 0 aromatic heterocycles. The van der Waals surface area contributed by atoms with Crippen LogP contribution in [0.2, 0.25) is 0 Å². The Hall–Kier alpha value is -3.63. The van der Waals surface area contributed by atoms with Gasteiger partial charge < -0.3 is 0 Å². The largest absolute Gasteiger partial charge is 0.0788 e. The standard InChI is InChI=1S/C37H20Br2S/c38-23-11-15-31-29-13-9-21(17-33(29)25-5-1-3-7-27(25)35(31)19-23)37(40)22-10-14-30-32-16-12-24(39)20-36(32)28-8-4-2-6-26(28)34(30)18-22/h1-20H. The number of fused-ring (bicyclic) bond motifs is 12. The molecule has 0 aliphatic carbocycles. The van der Waals surface area contributed by atoms with Gasteiger partial charge in [0.1, 0.15) is 0 Å². The zero-order valence-corrected chi connectivity index (χ0v) is 25.2. The van der Waals surface area contributed by atoms with Crippen molar-refractivity contribution in [2.45, 2.75) is 0 Å². The molecule has 0 radical (unpaired) electrons. The molecule has 0 atom stereocenters. The van der Waals surface area contributed by atoms with Crippen LogP contribution in [-0.2, 0) is 0 Å². The van der Waals surface area contributed by atoms with E-state index in [0.717, 1.165) is 24.9 Å². The molecule has 0 nitrogen and oxygen atoms in total. The highest BCUT2D eigenvalue weighted by Crippen LogP contribution is 2.39. The van der Waals surface area contributed by atoms with Gasteiger partial charge in [-0.15, -0.1) is 0 Å². The summed E-state index contributed by atoms with van der Waals surface area (Å²) in [5.41, 5.74) is 2.13. The molecule has 0 amide bonds. The van der Waals surface area contributed by atoms with Gasteiger partial charge in [0.2, 0.25) is 0 Å². The first kappa shape index (κ1) is 24.2. The summed E-state index contributed by atoms with van der Waals surface area (Å²) < 4.78 is 2.18. The van der Waals surface area contributed by atoms with Crippen molar-refractivity contribution in [2.75, 3.05) is 0 Å². The van der Waals surface area contributed by atoms with E-state index in [1.807, 2.05) is 0 Å². The maximum Gasteiger partial charge on any atom is 0.0522 e. The average Bonchev–Trinajstić information content (AvgIpc) is 3.00. The number of hydrogen-bond donors (Lipinski definition) is 0. The lowest BCUT2D eigenvalue weighted by Crippen LogP contribution is -2.00. The maximum absolute atomic E-state index is 6.17. The minimum Gasteiger partial charge on any atom is -0.0788 e. The van der Waals surface area contributed by atoms with Crippen molar-refractivity contribution in [3.05, 3.63) is 141 Å². The molecular weight excluding hydrogens is 636 g/mol. The van der Waals surface area contributed by atoms with Crippen LogP contribution in [-0.4, -0.2) is 4.86 Å². The van der Waals surface area contributed by atoms with Crippen molar-refractivity contribution in [3.8, 4) is 0 Å². The first-order chi connectivity index (χ1) is 19.6. The Labute approximate surface area is 253 Å². The molecule has 8 rings (SSSR count). The molecule has 0 saturated heterocycles. The number of benzene rings is 8. The molecule has 0 saturated carbocycles. The van der Waals surface area contributed by atoms with Gasteiger partial charge in [0.25, 0.3) is 0 Å². The molecule has 0 fully saturated rings. The summed E-state index contributed by atoms with van der Waals surface area (Å²) in [6.45, 7) is 0. The van der Waals surface area contributed by atoms with Crippen molar-refractivity contribution in [3.63, 3.8) is 0 Å². The van der Waals surface area contributed by atoms with Gasteiger partial charge in [-0.3, -0.25) is 0 Å². The highest BCUT2D eigenvalue weighted by molar-refractivity contribution is 9.10. The normalized spacial score (nSPS) is 11.8. The molecule has 0 aliphatic rings. The van der Waals surface area contributed by atoms with Gasteiger partial charge in [-0.05, 0) is 112 Å².